The van der Waals surface area contributed by atoms with Gasteiger partial charge in [0.1, 0.15) is 6.10 Å². The van der Waals surface area contributed by atoms with Crippen LogP contribution in [-0.4, -0.2) is 15.8 Å². The third kappa shape index (κ3) is 3.21. The number of ketones is 1. The van der Waals surface area contributed by atoms with Crippen LogP contribution in [0.5, 0.6) is 0 Å². The molecule has 0 aliphatic carbocycles. The van der Waals surface area contributed by atoms with Gasteiger partial charge in [0.25, 0.3) is 5.69 Å². The summed E-state index contributed by atoms with van der Waals surface area (Å²) < 4.78 is 0. The van der Waals surface area contributed by atoms with E-state index in [2.05, 4.69) is 15.9 Å². The molecule has 5 nitrogen and oxygen atoms in total. The fourth-order valence-corrected chi connectivity index (χ4v) is 1.89. The van der Waals surface area contributed by atoms with Gasteiger partial charge in [-0.05, 0) is 17.5 Å². The molecule has 1 aromatic rings. The van der Waals surface area contributed by atoms with E-state index in [1.165, 1.54) is 36.2 Å². The summed E-state index contributed by atoms with van der Waals surface area (Å²) in [7, 11) is 0. The van der Waals surface area contributed by atoms with Crippen LogP contribution < -0.4 is 0 Å². The SMILES string of the molecule is CC(=O)/C(=C/Br)C(O)c1cccc([N+](=O)[O-])c1. The van der Waals surface area contributed by atoms with Crippen molar-refractivity contribution in [2.24, 2.45) is 0 Å². The molecule has 6 heteroatoms. The molecule has 0 amide bonds. The van der Waals surface area contributed by atoms with Crippen LogP contribution >= 0.6 is 15.9 Å². The van der Waals surface area contributed by atoms with E-state index in [1.54, 1.807) is 0 Å². The smallest absolute Gasteiger partial charge is 0.269 e. The molecule has 0 radical (unpaired) electrons. The molecule has 0 heterocycles. The number of nitro groups is 1. The topological polar surface area (TPSA) is 80.4 Å². The quantitative estimate of drug-likeness (QED) is 0.526. The van der Waals surface area contributed by atoms with Gasteiger partial charge in [-0.25, -0.2) is 0 Å². The second kappa shape index (κ2) is 5.70. The van der Waals surface area contributed by atoms with E-state index < -0.39 is 11.0 Å². The predicted molar refractivity (Wildman–Crippen MR) is 65.7 cm³/mol. The van der Waals surface area contributed by atoms with Crippen molar-refractivity contribution < 1.29 is 14.8 Å². The first-order valence-electron chi connectivity index (χ1n) is 4.71. The molecule has 17 heavy (non-hydrogen) atoms. The number of Topliss-reactive ketones (excluding diaryl/α,β-unsaturated/α-hetero) is 1. The molecule has 1 atom stereocenters. The van der Waals surface area contributed by atoms with Gasteiger partial charge in [0, 0.05) is 17.7 Å². The summed E-state index contributed by atoms with van der Waals surface area (Å²) in [6.45, 7) is 1.31. The van der Waals surface area contributed by atoms with E-state index in [0.29, 0.717) is 5.56 Å². The van der Waals surface area contributed by atoms with E-state index in [0.717, 1.165) is 0 Å². The fraction of sp³-hybridized carbons (Fsp3) is 0.182. The number of hydrogen-bond acceptors (Lipinski definition) is 4. The first-order chi connectivity index (χ1) is 7.97. The fourth-order valence-electron chi connectivity index (χ4n) is 1.32. The van der Waals surface area contributed by atoms with Crippen LogP contribution in [0.2, 0.25) is 0 Å². The van der Waals surface area contributed by atoms with Crippen molar-refractivity contribution in [3.63, 3.8) is 0 Å². The largest absolute Gasteiger partial charge is 0.384 e. The number of halogens is 1. The Morgan fingerprint density at radius 1 is 1.59 bits per heavy atom. The standard InChI is InChI=1S/C11H10BrNO4/c1-7(14)10(6-12)11(15)8-3-2-4-9(5-8)13(16)17/h2-6,11,15H,1H3/b10-6-. The molecule has 0 bridgehead atoms. The van der Waals surface area contributed by atoms with Crippen LogP contribution in [0.3, 0.4) is 0 Å². The lowest BCUT2D eigenvalue weighted by Gasteiger charge is -2.11. The van der Waals surface area contributed by atoms with Crippen LogP contribution in [0, 0.1) is 10.1 Å². The van der Waals surface area contributed by atoms with Crippen molar-refractivity contribution >= 4 is 27.4 Å². The van der Waals surface area contributed by atoms with E-state index >= 15 is 0 Å². The first kappa shape index (κ1) is 13.5. The van der Waals surface area contributed by atoms with Crippen molar-refractivity contribution in [3.05, 3.63) is 50.5 Å². The molecule has 1 rings (SSSR count). The number of non-ortho nitro benzene ring substituents is 1. The highest BCUT2D eigenvalue weighted by molar-refractivity contribution is 9.11. The van der Waals surface area contributed by atoms with Gasteiger partial charge >= 0.3 is 0 Å². The van der Waals surface area contributed by atoms with E-state index in [9.17, 15) is 20.0 Å². The Labute approximate surface area is 106 Å². The molecule has 0 spiro atoms. The van der Waals surface area contributed by atoms with Crippen molar-refractivity contribution in [1.82, 2.24) is 0 Å². The van der Waals surface area contributed by atoms with E-state index in [4.69, 9.17) is 0 Å². The molecule has 0 aromatic heterocycles. The van der Waals surface area contributed by atoms with Crippen molar-refractivity contribution in [2.75, 3.05) is 0 Å². The Kier molecular flexibility index (Phi) is 4.53. The van der Waals surface area contributed by atoms with Crippen molar-refractivity contribution in [1.29, 1.82) is 0 Å². The maximum absolute atomic E-state index is 11.2. The van der Waals surface area contributed by atoms with Gasteiger partial charge in [-0.3, -0.25) is 14.9 Å². The summed E-state index contributed by atoms with van der Waals surface area (Å²) >= 11 is 2.99. The number of aliphatic hydroxyl groups is 1. The van der Waals surface area contributed by atoms with Crippen LogP contribution in [0.4, 0.5) is 5.69 Å². The van der Waals surface area contributed by atoms with Gasteiger partial charge in [-0.1, -0.05) is 28.1 Å². The Morgan fingerprint density at radius 3 is 2.71 bits per heavy atom. The lowest BCUT2D eigenvalue weighted by atomic mass is 10.00. The second-order valence-corrected chi connectivity index (χ2v) is 3.83. The highest BCUT2D eigenvalue weighted by Crippen LogP contribution is 2.26. The van der Waals surface area contributed by atoms with E-state index in [-0.39, 0.29) is 17.0 Å². The molecule has 0 saturated heterocycles. The molecular formula is C11H10BrNO4. The van der Waals surface area contributed by atoms with Crippen LogP contribution in [-0.2, 0) is 4.79 Å². The molecule has 1 aromatic carbocycles. The number of hydrogen-bond donors (Lipinski definition) is 1. The zero-order valence-electron chi connectivity index (χ0n) is 8.96. The van der Waals surface area contributed by atoms with Gasteiger partial charge < -0.3 is 5.11 Å². The minimum absolute atomic E-state index is 0.126. The molecule has 0 fully saturated rings. The predicted octanol–water partition coefficient (Wildman–Crippen LogP) is 2.50. The third-order valence-electron chi connectivity index (χ3n) is 2.22. The number of rotatable bonds is 4. The molecule has 1 N–H and O–H groups in total. The Hall–Kier alpha value is -1.53. The van der Waals surface area contributed by atoms with Crippen molar-refractivity contribution in [2.45, 2.75) is 13.0 Å². The van der Waals surface area contributed by atoms with Gasteiger partial charge in [0.2, 0.25) is 0 Å². The molecule has 0 aliphatic heterocycles. The minimum Gasteiger partial charge on any atom is -0.384 e. The molecule has 0 saturated carbocycles. The summed E-state index contributed by atoms with van der Waals surface area (Å²) in [5.74, 6) is -0.305. The van der Waals surface area contributed by atoms with Crippen LogP contribution in [0.15, 0.2) is 34.8 Å². The Morgan fingerprint density at radius 2 is 2.24 bits per heavy atom. The van der Waals surface area contributed by atoms with Gasteiger partial charge in [0.15, 0.2) is 5.78 Å². The Balaban J connectivity index is 3.12. The highest BCUT2D eigenvalue weighted by Gasteiger charge is 2.18. The van der Waals surface area contributed by atoms with Crippen LogP contribution in [0.1, 0.15) is 18.6 Å². The van der Waals surface area contributed by atoms with Gasteiger partial charge in [0.05, 0.1) is 4.92 Å². The summed E-state index contributed by atoms with van der Waals surface area (Å²) in [5, 5.41) is 20.5. The zero-order chi connectivity index (χ0) is 13.0. The number of nitrogens with zero attached hydrogens (tertiary/aromatic N) is 1. The van der Waals surface area contributed by atoms with Crippen molar-refractivity contribution in [3.8, 4) is 0 Å². The lowest BCUT2D eigenvalue weighted by molar-refractivity contribution is -0.385. The summed E-state index contributed by atoms with van der Waals surface area (Å²) in [5.41, 5.74) is 0.324. The summed E-state index contributed by atoms with van der Waals surface area (Å²) in [6.07, 6.45) is -1.17. The third-order valence-corrected chi connectivity index (χ3v) is 2.71. The highest BCUT2D eigenvalue weighted by atomic mass is 79.9. The number of aliphatic hydroxyl groups excluding tert-OH is 1. The average Bonchev–Trinajstić information content (AvgIpc) is 2.29. The monoisotopic (exact) mass is 299 g/mol. The number of carbonyl (C=O) groups excluding carboxylic acids is 1. The molecule has 90 valence electrons. The maximum Gasteiger partial charge on any atom is 0.269 e. The second-order valence-electron chi connectivity index (χ2n) is 3.38. The lowest BCUT2D eigenvalue weighted by Crippen LogP contribution is -2.08. The zero-order valence-corrected chi connectivity index (χ0v) is 10.5. The number of nitro benzene ring substituents is 1. The van der Waals surface area contributed by atoms with E-state index in [1.807, 2.05) is 0 Å². The van der Waals surface area contributed by atoms with Gasteiger partial charge in [-0.2, -0.15) is 0 Å². The molecule has 0 aliphatic rings. The van der Waals surface area contributed by atoms with Crippen LogP contribution in [0.25, 0.3) is 0 Å². The minimum atomic E-state index is -1.17. The summed E-state index contributed by atoms with van der Waals surface area (Å²) in [4.78, 5) is 22.6. The summed E-state index contributed by atoms with van der Waals surface area (Å²) in [6, 6.07) is 5.55. The maximum atomic E-state index is 11.2. The number of benzene rings is 1. The van der Waals surface area contributed by atoms with Gasteiger partial charge in [-0.15, -0.1) is 0 Å². The number of carbonyl (C=O) groups is 1. The normalized spacial score (nSPS) is 13.2. The molecule has 1 unspecified atom stereocenters. The average molecular weight is 300 g/mol. The molecular weight excluding hydrogens is 290 g/mol. The first-order valence-corrected chi connectivity index (χ1v) is 5.62. The Bertz CT molecular complexity index is 484.